The van der Waals surface area contributed by atoms with Crippen LogP contribution in [-0.2, 0) is 14.3 Å². The lowest BCUT2D eigenvalue weighted by molar-refractivity contribution is -0.197. The molecule has 0 aliphatic rings. The molecule has 0 radical (unpaired) electrons. The molecule has 0 fully saturated rings. The van der Waals surface area contributed by atoms with E-state index in [-0.39, 0.29) is 10.5 Å². The molecule has 3 nitrogen and oxygen atoms in total. The zero-order chi connectivity index (χ0) is 17.3. The maximum Gasteiger partial charge on any atom is 0.420 e. The van der Waals surface area contributed by atoms with E-state index in [1.807, 2.05) is 0 Å². The van der Waals surface area contributed by atoms with E-state index in [0.717, 1.165) is 5.56 Å². The average Bonchev–Trinajstić information content (AvgIpc) is 2.45. The van der Waals surface area contributed by atoms with Crippen molar-refractivity contribution in [2.45, 2.75) is 31.0 Å². The van der Waals surface area contributed by atoms with E-state index in [1.54, 1.807) is 13.0 Å². The number of hydrogen-bond donors (Lipinski definition) is 0. The highest BCUT2D eigenvalue weighted by Gasteiger charge is 2.45. The number of halogens is 3. The van der Waals surface area contributed by atoms with E-state index in [4.69, 9.17) is 0 Å². The lowest BCUT2D eigenvalue weighted by Gasteiger charge is -2.22. The Labute approximate surface area is 132 Å². The molecule has 0 aromatic heterocycles. The predicted molar refractivity (Wildman–Crippen MR) is 79.4 cm³/mol. The fourth-order valence-electron chi connectivity index (χ4n) is 2.05. The third kappa shape index (κ3) is 4.11. The summed E-state index contributed by atoms with van der Waals surface area (Å²) in [6.07, 6.45) is -7.40. The van der Waals surface area contributed by atoms with Crippen LogP contribution in [0.3, 0.4) is 0 Å². The van der Waals surface area contributed by atoms with Crippen LogP contribution in [0.25, 0.3) is 0 Å². The molecule has 2 aromatic carbocycles. The summed E-state index contributed by atoms with van der Waals surface area (Å²) < 4.78 is 68.8. The molecule has 0 N–H and O–H groups in total. The molecule has 0 bridgehead atoms. The third-order valence-electron chi connectivity index (χ3n) is 3.30. The molecular formula is C16H15F3O3S. The maximum atomic E-state index is 13.3. The average molecular weight is 344 g/mol. The van der Waals surface area contributed by atoms with Crippen LogP contribution in [0.15, 0.2) is 53.4 Å². The first-order valence-corrected chi connectivity index (χ1v) is 8.14. The lowest BCUT2D eigenvalue weighted by Crippen LogP contribution is -2.27. The Balaban J connectivity index is 2.43. The quantitative estimate of drug-likeness (QED) is 0.776. The molecular weight excluding hydrogens is 329 g/mol. The molecule has 0 aliphatic heterocycles. The van der Waals surface area contributed by atoms with Gasteiger partial charge in [-0.1, -0.05) is 42.0 Å². The van der Waals surface area contributed by atoms with Gasteiger partial charge >= 0.3 is 6.18 Å². The van der Waals surface area contributed by atoms with Crippen LogP contribution in [0.5, 0.6) is 0 Å². The molecule has 0 aliphatic carbocycles. The van der Waals surface area contributed by atoms with E-state index < -0.39 is 22.4 Å². The Hall–Kier alpha value is -1.86. The van der Waals surface area contributed by atoms with Crippen molar-refractivity contribution in [2.24, 2.45) is 0 Å². The Kier molecular flexibility index (Phi) is 4.81. The number of benzene rings is 2. The van der Waals surface area contributed by atoms with Crippen LogP contribution >= 0.6 is 0 Å². The molecule has 0 amide bonds. The highest BCUT2D eigenvalue weighted by Crippen LogP contribution is 2.39. The van der Waals surface area contributed by atoms with Gasteiger partial charge in [0, 0.05) is 0 Å². The van der Waals surface area contributed by atoms with Crippen LogP contribution in [-0.4, -0.2) is 14.6 Å². The number of alkyl halides is 3. The van der Waals surface area contributed by atoms with Gasteiger partial charge in [-0.05, 0) is 37.1 Å². The molecule has 23 heavy (non-hydrogen) atoms. The zero-order valence-corrected chi connectivity index (χ0v) is 13.3. The summed E-state index contributed by atoms with van der Waals surface area (Å²) in [6.45, 7) is 3.21. The minimum absolute atomic E-state index is 0.226. The van der Waals surface area contributed by atoms with E-state index in [1.165, 1.54) is 49.4 Å². The Morgan fingerprint density at radius 2 is 1.52 bits per heavy atom. The Bertz CT molecular complexity index is 781. The standard InChI is InChI=1S/C16H15F3O3S/c1-11-7-9-13(10-8-11)23(20,21)22-15(16(17,18)19)14-6-4-3-5-12(14)2/h3-10,15H,1-2H3. The van der Waals surface area contributed by atoms with E-state index >= 15 is 0 Å². The van der Waals surface area contributed by atoms with E-state index in [9.17, 15) is 21.6 Å². The molecule has 0 saturated heterocycles. The normalized spacial score (nSPS) is 13.8. The van der Waals surface area contributed by atoms with Gasteiger partial charge in [-0.3, -0.25) is 0 Å². The summed E-state index contributed by atoms with van der Waals surface area (Å²) in [5, 5.41) is 0. The van der Waals surface area contributed by atoms with Gasteiger partial charge in [0.15, 0.2) is 6.10 Å². The minimum Gasteiger partial charge on any atom is -0.248 e. The first kappa shape index (κ1) is 17.5. The van der Waals surface area contributed by atoms with Crippen molar-refractivity contribution in [3.05, 3.63) is 65.2 Å². The highest BCUT2D eigenvalue weighted by molar-refractivity contribution is 7.86. The summed E-state index contributed by atoms with van der Waals surface area (Å²) in [5.74, 6) is 0. The smallest absolute Gasteiger partial charge is 0.248 e. The summed E-state index contributed by atoms with van der Waals surface area (Å²) in [4.78, 5) is -0.314. The molecule has 1 unspecified atom stereocenters. The summed E-state index contributed by atoms with van der Waals surface area (Å²) in [7, 11) is -4.54. The van der Waals surface area contributed by atoms with Crippen molar-refractivity contribution >= 4 is 10.1 Å². The van der Waals surface area contributed by atoms with Crippen molar-refractivity contribution in [3.8, 4) is 0 Å². The van der Waals surface area contributed by atoms with Crippen molar-refractivity contribution in [1.82, 2.24) is 0 Å². The van der Waals surface area contributed by atoms with Gasteiger partial charge in [-0.25, -0.2) is 4.18 Å². The summed E-state index contributed by atoms with van der Waals surface area (Å²) in [5.41, 5.74) is 0.861. The van der Waals surface area contributed by atoms with Crippen molar-refractivity contribution in [3.63, 3.8) is 0 Å². The van der Waals surface area contributed by atoms with Gasteiger partial charge in [0.05, 0.1) is 4.90 Å². The van der Waals surface area contributed by atoms with Gasteiger partial charge in [-0.15, -0.1) is 0 Å². The minimum atomic E-state index is -4.86. The topological polar surface area (TPSA) is 43.4 Å². The van der Waals surface area contributed by atoms with Crippen LogP contribution in [0.2, 0.25) is 0 Å². The van der Waals surface area contributed by atoms with Crippen molar-refractivity contribution in [1.29, 1.82) is 0 Å². The Morgan fingerprint density at radius 1 is 0.957 bits per heavy atom. The second-order valence-electron chi connectivity index (χ2n) is 5.14. The van der Waals surface area contributed by atoms with Gasteiger partial charge < -0.3 is 0 Å². The predicted octanol–water partition coefficient (Wildman–Crippen LogP) is 4.31. The van der Waals surface area contributed by atoms with Crippen molar-refractivity contribution < 1.29 is 25.8 Å². The molecule has 0 saturated carbocycles. The van der Waals surface area contributed by atoms with Crippen LogP contribution in [0.4, 0.5) is 13.2 Å². The monoisotopic (exact) mass is 344 g/mol. The molecule has 0 spiro atoms. The summed E-state index contributed by atoms with van der Waals surface area (Å²) in [6, 6.07) is 11.1. The van der Waals surface area contributed by atoms with Gasteiger partial charge in [0.1, 0.15) is 0 Å². The van der Waals surface area contributed by atoms with Crippen molar-refractivity contribution in [2.75, 3.05) is 0 Å². The molecule has 2 aromatic rings. The second kappa shape index (κ2) is 6.33. The number of aryl methyl sites for hydroxylation is 2. The second-order valence-corrected chi connectivity index (χ2v) is 6.71. The fourth-order valence-corrected chi connectivity index (χ4v) is 3.10. The van der Waals surface area contributed by atoms with Crippen LogP contribution in [0.1, 0.15) is 22.8 Å². The highest BCUT2D eigenvalue weighted by atomic mass is 32.2. The largest absolute Gasteiger partial charge is 0.420 e. The van der Waals surface area contributed by atoms with Gasteiger partial charge in [-0.2, -0.15) is 21.6 Å². The van der Waals surface area contributed by atoms with E-state index in [2.05, 4.69) is 4.18 Å². The van der Waals surface area contributed by atoms with Crippen LogP contribution < -0.4 is 0 Å². The third-order valence-corrected chi connectivity index (χ3v) is 4.60. The van der Waals surface area contributed by atoms with Gasteiger partial charge in [0.2, 0.25) is 0 Å². The fraction of sp³-hybridized carbons (Fsp3) is 0.250. The SMILES string of the molecule is Cc1ccc(S(=O)(=O)OC(c2ccccc2C)C(F)(F)F)cc1. The molecule has 124 valence electrons. The zero-order valence-electron chi connectivity index (χ0n) is 12.5. The first-order chi connectivity index (χ1) is 10.6. The molecule has 2 rings (SSSR count). The molecule has 7 heteroatoms. The summed E-state index contributed by atoms with van der Waals surface area (Å²) >= 11 is 0. The molecule has 1 atom stereocenters. The number of rotatable bonds is 4. The Morgan fingerprint density at radius 3 is 2.04 bits per heavy atom. The molecule has 0 heterocycles. The van der Waals surface area contributed by atoms with Gasteiger partial charge in [0.25, 0.3) is 10.1 Å². The lowest BCUT2D eigenvalue weighted by atomic mass is 10.0. The van der Waals surface area contributed by atoms with E-state index in [0.29, 0.717) is 5.56 Å². The maximum absolute atomic E-state index is 13.3. The number of hydrogen-bond acceptors (Lipinski definition) is 3. The first-order valence-electron chi connectivity index (χ1n) is 6.73. The van der Waals surface area contributed by atoms with Crippen LogP contribution in [0, 0.1) is 13.8 Å².